The number of hydrogen-bond donors (Lipinski definition) is 2. The van der Waals surface area contributed by atoms with Crippen molar-refractivity contribution in [2.75, 3.05) is 6.54 Å². The fourth-order valence-electron chi connectivity index (χ4n) is 2.46. The predicted molar refractivity (Wildman–Crippen MR) is 70.1 cm³/mol. The monoisotopic (exact) mass is 257 g/mol. The molecule has 2 N–H and O–H groups in total. The van der Waals surface area contributed by atoms with Gasteiger partial charge in [-0.25, -0.2) is 4.68 Å². The second-order valence-electron chi connectivity index (χ2n) is 4.77. The van der Waals surface area contributed by atoms with Gasteiger partial charge in [0.2, 0.25) is 0 Å². The van der Waals surface area contributed by atoms with Gasteiger partial charge in [-0.15, -0.1) is 0 Å². The predicted octanol–water partition coefficient (Wildman–Crippen LogP) is 1.61. The highest BCUT2D eigenvalue weighted by Gasteiger charge is 2.29. The summed E-state index contributed by atoms with van der Waals surface area (Å²) in [6, 6.07) is 10.1. The van der Waals surface area contributed by atoms with E-state index in [1.54, 1.807) is 10.9 Å². The van der Waals surface area contributed by atoms with Crippen molar-refractivity contribution in [2.45, 2.75) is 12.5 Å². The summed E-state index contributed by atoms with van der Waals surface area (Å²) in [5.74, 6) is -1.00. The van der Waals surface area contributed by atoms with Crippen LogP contribution in [0.4, 0.5) is 0 Å². The van der Waals surface area contributed by atoms with Gasteiger partial charge in [-0.2, -0.15) is 5.10 Å². The largest absolute Gasteiger partial charge is 0.481 e. The van der Waals surface area contributed by atoms with Crippen molar-refractivity contribution >= 4 is 5.97 Å². The first-order valence-corrected chi connectivity index (χ1v) is 6.30. The van der Waals surface area contributed by atoms with Crippen LogP contribution >= 0.6 is 0 Å². The number of carbonyl (C=O) groups is 1. The molecule has 0 bridgehead atoms. The Labute approximate surface area is 110 Å². The van der Waals surface area contributed by atoms with E-state index in [2.05, 4.69) is 10.4 Å². The van der Waals surface area contributed by atoms with Gasteiger partial charge in [-0.05, 0) is 30.2 Å². The van der Waals surface area contributed by atoms with Gasteiger partial charge in [0.15, 0.2) is 0 Å². The van der Waals surface area contributed by atoms with Crippen LogP contribution in [0, 0.1) is 5.92 Å². The van der Waals surface area contributed by atoms with Crippen LogP contribution in [0.5, 0.6) is 0 Å². The first-order valence-electron chi connectivity index (χ1n) is 6.30. The van der Waals surface area contributed by atoms with E-state index >= 15 is 0 Å². The van der Waals surface area contributed by atoms with Crippen molar-refractivity contribution < 1.29 is 9.90 Å². The number of aliphatic carboxylic acids is 1. The van der Waals surface area contributed by atoms with E-state index < -0.39 is 5.97 Å². The molecule has 0 saturated carbocycles. The van der Waals surface area contributed by atoms with E-state index in [0.29, 0.717) is 13.0 Å². The second kappa shape index (κ2) is 4.85. The van der Waals surface area contributed by atoms with Crippen LogP contribution in [0.25, 0.3) is 5.69 Å². The Kier molecular flexibility index (Phi) is 3.05. The molecule has 0 aliphatic carbocycles. The number of benzene rings is 1. The third-order valence-electron chi connectivity index (χ3n) is 3.54. The highest BCUT2D eigenvalue weighted by Crippen LogP contribution is 2.27. The zero-order chi connectivity index (χ0) is 13.2. The van der Waals surface area contributed by atoms with Crippen molar-refractivity contribution in [3.8, 4) is 5.69 Å². The normalized spacial score (nSPS) is 22.5. The Morgan fingerprint density at radius 1 is 1.37 bits per heavy atom. The molecule has 0 spiro atoms. The van der Waals surface area contributed by atoms with E-state index in [1.807, 2.05) is 36.5 Å². The van der Waals surface area contributed by atoms with Crippen LogP contribution in [0.15, 0.2) is 42.7 Å². The molecule has 0 radical (unpaired) electrons. The van der Waals surface area contributed by atoms with E-state index in [9.17, 15) is 4.79 Å². The maximum Gasteiger partial charge on any atom is 0.307 e. The molecule has 0 amide bonds. The number of rotatable bonds is 3. The molecule has 2 atom stereocenters. The molecule has 5 nitrogen and oxygen atoms in total. The Morgan fingerprint density at radius 2 is 2.16 bits per heavy atom. The minimum atomic E-state index is -0.719. The molecule has 2 heterocycles. The number of carboxylic acids is 1. The fourth-order valence-corrected chi connectivity index (χ4v) is 2.46. The highest BCUT2D eigenvalue weighted by molar-refractivity contribution is 5.70. The molecular formula is C14H15N3O2. The summed E-state index contributed by atoms with van der Waals surface area (Å²) in [6.45, 7) is 0.543. The lowest BCUT2D eigenvalue weighted by molar-refractivity contribution is -0.141. The topological polar surface area (TPSA) is 67.2 Å². The minimum absolute atomic E-state index is 0.132. The van der Waals surface area contributed by atoms with Gasteiger partial charge in [0.05, 0.1) is 11.6 Å². The molecule has 1 aromatic heterocycles. The number of aromatic nitrogens is 2. The van der Waals surface area contributed by atoms with Gasteiger partial charge >= 0.3 is 5.97 Å². The van der Waals surface area contributed by atoms with Gasteiger partial charge in [0.25, 0.3) is 0 Å². The average Bonchev–Trinajstić information content (AvgIpc) is 3.11. The number of nitrogens with zero attached hydrogens (tertiary/aromatic N) is 2. The Morgan fingerprint density at radius 3 is 2.74 bits per heavy atom. The maximum absolute atomic E-state index is 10.9. The van der Waals surface area contributed by atoms with Crippen molar-refractivity contribution in [2.24, 2.45) is 5.92 Å². The number of carboxylic acid groups (broad SMARTS) is 1. The molecular weight excluding hydrogens is 242 g/mol. The SMILES string of the molecule is O=C(O)C1CNC(c2ccc(-n3cccn3)cc2)C1. The Hall–Kier alpha value is -2.14. The number of nitrogens with one attached hydrogen (secondary N) is 1. The van der Waals surface area contributed by atoms with E-state index in [4.69, 9.17) is 5.11 Å². The highest BCUT2D eigenvalue weighted by atomic mass is 16.4. The third kappa shape index (κ3) is 2.37. The first kappa shape index (κ1) is 11.9. The molecule has 1 saturated heterocycles. The van der Waals surface area contributed by atoms with Crippen molar-refractivity contribution in [1.82, 2.24) is 15.1 Å². The van der Waals surface area contributed by atoms with Crippen molar-refractivity contribution in [3.05, 3.63) is 48.3 Å². The molecule has 2 unspecified atom stereocenters. The molecule has 98 valence electrons. The molecule has 1 aliphatic rings. The van der Waals surface area contributed by atoms with E-state index in [0.717, 1.165) is 11.3 Å². The summed E-state index contributed by atoms with van der Waals surface area (Å²) in [6.07, 6.45) is 4.28. The zero-order valence-electron chi connectivity index (χ0n) is 10.4. The lowest BCUT2D eigenvalue weighted by Gasteiger charge is -2.11. The second-order valence-corrected chi connectivity index (χ2v) is 4.77. The summed E-state index contributed by atoms with van der Waals surface area (Å²) in [5.41, 5.74) is 2.13. The standard InChI is InChI=1S/C14H15N3O2/c18-14(19)11-8-13(15-9-11)10-2-4-12(5-3-10)17-7-1-6-16-17/h1-7,11,13,15H,8-9H2,(H,18,19). The molecule has 19 heavy (non-hydrogen) atoms. The summed E-state index contributed by atoms with van der Waals surface area (Å²) in [4.78, 5) is 10.9. The Balaban J connectivity index is 1.75. The van der Waals surface area contributed by atoms with Crippen LogP contribution < -0.4 is 5.32 Å². The average molecular weight is 257 g/mol. The lowest BCUT2D eigenvalue weighted by atomic mass is 10.00. The van der Waals surface area contributed by atoms with Crippen LogP contribution in [0.1, 0.15) is 18.0 Å². The Bertz CT molecular complexity index is 563. The third-order valence-corrected chi connectivity index (χ3v) is 3.54. The molecule has 3 rings (SSSR count). The molecule has 1 aliphatic heterocycles. The van der Waals surface area contributed by atoms with E-state index in [-0.39, 0.29) is 12.0 Å². The molecule has 5 heteroatoms. The summed E-state index contributed by atoms with van der Waals surface area (Å²) in [5, 5.41) is 16.4. The van der Waals surface area contributed by atoms with Gasteiger partial charge < -0.3 is 10.4 Å². The smallest absolute Gasteiger partial charge is 0.307 e. The zero-order valence-corrected chi connectivity index (χ0v) is 10.4. The lowest BCUT2D eigenvalue weighted by Crippen LogP contribution is -2.17. The fraction of sp³-hybridized carbons (Fsp3) is 0.286. The minimum Gasteiger partial charge on any atom is -0.481 e. The van der Waals surface area contributed by atoms with Gasteiger partial charge in [-0.3, -0.25) is 4.79 Å². The maximum atomic E-state index is 10.9. The van der Waals surface area contributed by atoms with Gasteiger partial charge in [0, 0.05) is 25.0 Å². The van der Waals surface area contributed by atoms with Crippen LogP contribution in [-0.2, 0) is 4.79 Å². The van der Waals surface area contributed by atoms with Crippen LogP contribution in [0.3, 0.4) is 0 Å². The van der Waals surface area contributed by atoms with Crippen molar-refractivity contribution in [3.63, 3.8) is 0 Å². The van der Waals surface area contributed by atoms with Gasteiger partial charge in [-0.1, -0.05) is 12.1 Å². The summed E-state index contributed by atoms with van der Waals surface area (Å²) < 4.78 is 1.80. The molecule has 1 aromatic carbocycles. The summed E-state index contributed by atoms with van der Waals surface area (Å²) in [7, 11) is 0. The summed E-state index contributed by atoms with van der Waals surface area (Å²) >= 11 is 0. The number of hydrogen-bond acceptors (Lipinski definition) is 3. The van der Waals surface area contributed by atoms with Gasteiger partial charge in [0.1, 0.15) is 0 Å². The van der Waals surface area contributed by atoms with E-state index in [1.165, 1.54) is 0 Å². The van der Waals surface area contributed by atoms with Crippen LogP contribution in [0.2, 0.25) is 0 Å². The molecule has 1 fully saturated rings. The van der Waals surface area contributed by atoms with Crippen molar-refractivity contribution in [1.29, 1.82) is 0 Å². The molecule has 2 aromatic rings. The van der Waals surface area contributed by atoms with Crippen LogP contribution in [-0.4, -0.2) is 27.4 Å². The quantitative estimate of drug-likeness (QED) is 0.876. The first-order chi connectivity index (χ1) is 9.24.